The second kappa shape index (κ2) is 5.04. The zero-order valence-corrected chi connectivity index (χ0v) is 11.9. The normalized spacial score (nSPS) is 26.4. The predicted molar refractivity (Wildman–Crippen MR) is 77.5 cm³/mol. The first-order valence-corrected chi connectivity index (χ1v) is 7.32. The highest BCUT2D eigenvalue weighted by atomic mass is 35.5. The van der Waals surface area contributed by atoms with Crippen molar-refractivity contribution < 1.29 is 4.79 Å². The first-order chi connectivity index (χ1) is 9.15. The van der Waals surface area contributed by atoms with E-state index in [-0.39, 0.29) is 0 Å². The second-order valence-corrected chi connectivity index (χ2v) is 6.05. The lowest BCUT2D eigenvalue weighted by Crippen LogP contribution is -2.49. The number of hydrogen-bond acceptors (Lipinski definition) is 2. The molecule has 1 saturated carbocycles. The fourth-order valence-electron chi connectivity index (χ4n) is 2.76. The van der Waals surface area contributed by atoms with E-state index in [0.29, 0.717) is 17.7 Å². The summed E-state index contributed by atoms with van der Waals surface area (Å²) in [7, 11) is 0. The molecule has 3 rings (SSSR count). The largest absolute Gasteiger partial charge is 0.368 e. The molecular formula is C15H19ClN2O. The van der Waals surface area contributed by atoms with Crippen molar-refractivity contribution in [2.75, 3.05) is 31.1 Å². The first-order valence-electron chi connectivity index (χ1n) is 6.94. The smallest absolute Gasteiger partial charge is 0.226 e. The van der Waals surface area contributed by atoms with Crippen LogP contribution in [-0.2, 0) is 4.79 Å². The van der Waals surface area contributed by atoms with Crippen LogP contribution in [0.15, 0.2) is 24.3 Å². The quantitative estimate of drug-likeness (QED) is 0.830. The Balaban J connectivity index is 1.59. The summed E-state index contributed by atoms with van der Waals surface area (Å²) in [6.45, 7) is 5.61. The highest BCUT2D eigenvalue weighted by Crippen LogP contribution is 2.39. The van der Waals surface area contributed by atoms with Crippen molar-refractivity contribution in [3.63, 3.8) is 0 Å². The Morgan fingerprint density at radius 1 is 1.26 bits per heavy atom. The third-order valence-corrected chi connectivity index (χ3v) is 4.43. The molecule has 19 heavy (non-hydrogen) atoms. The van der Waals surface area contributed by atoms with Crippen molar-refractivity contribution in [1.82, 2.24) is 4.90 Å². The Kier molecular flexibility index (Phi) is 3.40. The zero-order valence-electron chi connectivity index (χ0n) is 11.2. The Morgan fingerprint density at radius 2 is 1.95 bits per heavy atom. The maximum atomic E-state index is 12.2. The fraction of sp³-hybridized carbons (Fsp3) is 0.533. The van der Waals surface area contributed by atoms with Gasteiger partial charge in [-0.15, -0.1) is 0 Å². The molecule has 4 heteroatoms. The number of halogens is 1. The predicted octanol–water partition coefficient (Wildman–Crippen LogP) is 2.64. The standard InChI is InChI=1S/C15H19ClN2O/c1-11-9-14(11)15(19)18-7-5-17(6-8-18)13-4-2-3-12(16)10-13/h2-4,10-11,14H,5-9H2,1H3/t11-,14+/m0/s1. The van der Waals surface area contributed by atoms with Crippen LogP contribution in [0.1, 0.15) is 13.3 Å². The molecule has 1 aliphatic carbocycles. The Bertz CT molecular complexity index is 483. The number of piperazine rings is 1. The molecule has 1 aromatic rings. The summed E-state index contributed by atoms with van der Waals surface area (Å²) in [6, 6.07) is 7.93. The van der Waals surface area contributed by atoms with Gasteiger partial charge in [-0.1, -0.05) is 24.6 Å². The maximum absolute atomic E-state index is 12.2. The van der Waals surface area contributed by atoms with Crippen LogP contribution in [0.5, 0.6) is 0 Å². The number of hydrogen-bond donors (Lipinski definition) is 0. The van der Waals surface area contributed by atoms with Crippen molar-refractivity contribution in [2.45, 2.75) is 13.3 Å². The number of carbonyl (C=O) groups is 1. The van der Waals surface area contributed by atoms with Crippen LogP contribution >= 0.6 is 11.6 Å². The molecule has 102 valence electrons. The summed E-state index contributed by atoms with van der Waals surface area (Å²) >= 11 is 6.02. The molecule has 2 atom stereocenters. The van der Waals surface area contributed by atoms with Crippen molar-refractivity contribution in [2.24, 2.45) is 11.8 Å². The lowest BCUT2D eigenvalue weighted by Gasteiger charge is -2.36. The van der Waals surface area contributed by atoms with Crippen LogP contribution in [0.25, 0.3) is 0 Å². The third kappa shape index (κ3) is 2.71. The second-order valence-electron chi connectivity index (χ2n) is 5.61. The minimum atomic E-state index is 0.303. The fourth-order valence-corrected chi connectivity index (χ4v) is 2.94. The molecule has 0 N–H and O–H groups in total. The summed E-state index contributed by atoms with van der Waals surface area (Å²) in [6.07, 6.45) is 1.08. The molecule has 1 saturated heterocycles. The minimum absolute atomic E-state index is 0.303. The van der Waals surface area contributed by atoms with Crippen molar-refractivity contribution in [3.05, 3.63) is 29.3 Å². The maximum Gasteiger partial charge on any atom is 0.226 e. The number of benzene rings is 1. The Hall–Kier alpha value is -1.22. The van der Waals surface area contributed by atoms with Gasteiger partial charge in [-0.25, -0.2) is 0 Å². The van der Waals surface area contributed by atoms with E-state index in [1.807, 2.05) is 23.1 Å². The number of rotatable bonds is 2. The molecule has 1 amide bonds. The van der Waals surface area contributed by atoms with E-state index in [1.165, 1.54) is 0 Å². The molecule has 2 aliphatic rings. The number of carbonyl (C=O) groups excluding carboxylic acids is 1. The van der Waals surface area contributed by atoms with Gasteiger partial charge >= 0.3 is 0 Å². The van der Waals surface area contributed by atoms with E-state index in [4.69, 9.17) is 11.6 Å². The van der Waals surface area contributed by atoms with Gasteiger partial charge in [0.2, 0.25) is 5.91 Å². The van der Waals surface area contributed by atoms with Gasteiger partial charge in [0, 0.05) is 42.8 Å². The van der Waals surface area contributed by atoms with Gasteiger partial charge in [0.15, 0.2) is 0 Å². The van der Waals surface area contributed by atoms with Crippen LogP contribution in [0, 0.1) is 11.8 Å². The highest BCUT2D eigenvalue weighted by Gasteiger charge is 2.41. The van der Waals surface area contributed by atoms with Crippen LogP contribution < -0.4 is 4.90 Å². The van der Waals surface area contributed by atoms with Gasteiger partial charge in [-0.3, -0.25) is 4.79 Å². The van der Waals surface area contributed by atoms with E-state index in [9.17, 15) is 4.79 Å². The number of anilines is 1. The van der Waals surface area contributed by atoms with Crippen molar-refractivity contribution in [1.29, 1.82) is 0 Å². The van der Waals surface area contributed by atoms with E-state index in [0.717, 1.165) is 43.3 Å². The molecule has 0 radical (unpaired) electrons. The van der Waals surface area contributed by atoms with Gasteiger partial charge in [-0.2, -0.15) is 0 Å². The minimum Gasteiger partial charge on any atom is -0.368 e. The lowest BCUT2D eigenvalue weighted by molar-refractivity contribution is -0.133. The summed E-state index contributed by atoms with van der Waals surface area (Å²) in [4.78, 5) is 16.5. The van der Waals surface area contributed by atoms with Crippen LogP contribution in [-0.4, -0.2) is 37.0 Å². The average Bonchev–Trinajstić information content (AvgIpc) is 3.15. The van der Waals surface area contributed by atoms with E-state index < -0.39 is 0 Å². The van der Waals surface area contributed by atoms with Gasteiger partial charge in [0.1, 0.15) is 0 Å². The Labute approximate surface area is 119 Å². The van der Waals surface area contributed by atoms with Crippen LogP contribution in [0.2, 0.25) is 5.02 Å². The van der Waals surface area contributed by atoms with Gasteiger partial charge < -0.3 is 9.80 Å². The summed E-state index contributed by atoms with van der Waals surface area (Å²) in [5.74, 6) is 1.26. The van der Waals surface area contributed by atoms with E-state index in [2.05, 4.69) is 17.9 Å². The topological polar surface area (TPSA) is 23.6 Å². The van der Waals surface area contributed by atoms with Crippen LogP contribution in [0.4, 0.5) is 5.69 Å². The highest BCUT2D eigenvalue weighted by molar-refractivity contribution is 6.30. The molecule has 0 unspecified atom stereocenters. The van der Waals surface area contributed by atoms with Gasteiger partial charge in [-0.05, 0) is 30.5 Å². The molecular weight excluding hydrogens is 260 g/mol. The molecule has 3 nitrogen and oxygen atoms in total. The van der Waals surface area contributed by atoms with E-state index >= 15 is 0 Å². The lowest BCUT2D eigenvalue weighted by atomic mass is 10.2. The van der Waals surface area contributed by atoms with Crippen LogP contribution in [0.3, 0.4) is 0 Å². The van der Waals surface area contributed by atoms with Crippen molar-refractivity contribution in [3.8, 4) is 0 Å². The number of nitrogens with zero attached hydrogens (tertiary/aromatic N) is 2. The van der Waals surface area contributed by atoms with Gasteiger partial charge in [0.25, 0.3) is 0 Å². The Morgan fingerprint density at radius 3 is 2.53 bits per heavy atom. The van der Waals surface area contributed by atoms with E-state index in [1.54, 1.807) is 0 Å². The van der Waals surface area contributed by atoms with Crippen molar-refractivity contribution >= 4 is 23.2 Å². The molecule has 2 fully saturated rings. The third-order valence-electron chi connectivity index (χ3n) is 4.19. The SMILES string of the molecule is C[C@H]1C[C@H]1C(=O)N1CCN(c2cccc(Cl)c2)CC1. The monoisotopic (exact) mass is 278 g/mol. The first kappa shape index (κ1) is 12.8. The summed E-state index contributed by atoms with van der Waals surface area (Å²) in [5, 5.41) is 0.766. The average molecular weight is 279 g/mol. The molecule has 1 aliphatic heterocycles. The number of amides is 1. The molecule has 0 spiro atoms. The summed E-state index contributed by atoms with van der Waals surface area (Å²) in [5.41, 5.74) is 1.15. The molecule has 1 heterocycles. The summed E-state index contributed by atoms with van der Waals surface area (Å²) < 4.78 is 0. The molecule has 1 aromatic carbocycles. The molecule has 0 bridgehead atoms. The zero-order chi connectivity index (χ0) is 13.4. The molecule has 0 aromatic heterocycles. The van der Waals surface area contributed by atoms with Gasteiger partial charge in [0.05, 0.1) is 0 Å².